The SMILES string of the molecule is C[C@H](SCc1ccccc1)C(=O)NCCc1n[nH]c(=S)n1C. The van der Waals surface area contributed by atoms with Gasteiger partial charge in [0.05, 0.1) is 5.25 Å². The highest BCUT2D eigenvalue weighted by atomic mass is 32.2. The third-order valence-electron chi connectivity index (χ3n) is 3.33. The van der Waals surface area contributed by atoms with Crippen molar-refractivity contribution in [2.75, 3.05) is 6.54 Å². The molecule has 1 heterocycles. The molecule has 0 radical (unpaired) electrons. The minimum atomic E-state index is -0.0809. The monoisotopic (exact) mass is 336 g/mol. The fraction of sp³-hybridized carbons (Fsp3) is 0.400. The summed E-state index contributed by atoms with van der Waals surface area (Å²) in [6, 6.07) is 10.2. The van der Waals surface area contributed by atoms with E-state index in [9.17, 15) is 4.79 Å². The fourth-order valence-corrected chi connectivity index (χ4v) is 2.94. The van der Waals surface area contributed by atoms with Crippen LogP contribution in [0.4, 0.5) is 0 Å². The van der Waals surface area contributed by atoms with Crippen molar-refractivity contribution in [1.82, 2.24) is 20.1 Å². The Balaban J connectivity index is 1.72. The summed E-state index contributed by atoms with van der Waals surface area (Å²) in [4.78, 5) is 12.1. The van der Waals surface area contributed by atoms with Crippen LogP contribution in [-0.4, -0.2) is 32.5 Å². The Kier molecular flexibility index (Phi) is 6.21. The molecule has 1 aromatic heterocycles. The largest absolute Gasteiger partial charge is 0.355 e. The standard InChI is InChI=1S/C15H20N4OS2/c1-11(22-10-12-6-4-3-5-7-12)14(20)16-9-8-13-17-18-15(21)19(13)2/h3-7,11H,8-10H2,1-2H3,(H,16,20)(H,18,21)/t11-/m0/s1. The predicted octanol–water partition coefficient (Wildman–Crippen LogP) is 2.46. The lowest BCUT2D eigenvalue weighted by Crippen LogP contribution is -2.32. The predicted molar refractivity (Wildman–Crippen MR) is 92.3 cm³/mol. The topological polar surface area (TPSA) is 62.7 Å². The van der Waals surface area contributed by atoms with Crippen LogP contribution in [0.15, 0.2) is 30.3 Å². The van der Waals surface area contributed by atoms with Crippen LogP contribution in [-0.2, 0) is 24.0 Å². The van der Waals surface area contributed by atoms with Crippen LogP contribution in [0.1, 0.15) is 18.3 Å². The lowest BCUT2D eigenvalue weighted by molar-refractivity contribution is -0.120. The van der Waals surface area contributed by atoms with E-state index in [1.165, 1.54) is 5.56 Å². The molecule has 22 heavy (non-hydrogen) atoms. The highest BCUT2D eigenvalue weighted by Gasteiger charge is 2.13. The first kappa shape index (κ1) is 16.8. The van der Waals surface area contributed by atoms with Crippen molar-refractivity contribution in [1.29, 1.82) is 0 Å². The van der Waals surface area contributed by atoms with E-state index >= 15 is 0 Å². The van der Waals surface area contributed by atoms with Gasteiger partial charge >= 0.3 is 0 Å². The van der Waals surface area contributed by atoms with Crippen LogP contribution in [0.3, 0.4) is 0 Å². The smallest absolute Gasteiger partial charge is 0.232 e. The first-order valence-corrected chi connectivity index (χ1v) is 8.57. The molecule has 1 atom stereocenters. The molecule has 0 saturated carbocycles. The number of H-pyrrole nitrogens is 1. The van der Waals surface area contributed by atoms with Gasteiger partial charge in [0.25, 0.3) is 0 Å². The lowest BCUT2D eigenvalue weighted by Gasteiger charge is -2.11. The van der Waals surface area contributed by atoms with Crippen molar-refractivity contribution in [2.45, 2.75) is 24.3 Å². The van der Waals surface area contributed by atoms with Gasteiger partial charge < -0.3 is 9.88 Å². The third kappa shape index (κ3) is 4.71. The number of rotatable bonds is 7. The Morgan fingerprint density at radius 3 is 2.82 bits per heavy atom. The molecule has 0 spiro atoms. The second kappa shape index (κ2) is 8.14. The van der Waals surface area contributed by atoms with Crippen molar-refractivity contribution in [2.24, 2.45) is 7.05 Å². The maximum Gasteiger partial charge on any atom is 0.232 e. The summed E-state index contributed by atoms with van der Waals surface area (Å²) in [5.41, 5.74) is 1.23. The molecular weight excluding hydrogens is 316 g/mol. The number of thioether (sulfide) groups is 1. The number of aromatic amines is 1. The Labute approximate surface area is 139 Å². The highest BCUT2D eigenvalue weighted by molar-refractivity contribution is 7.99. The maximum atomic E-state index is 12.1. The third-order valence-corrected chi connectivity index (χ3v) is 4.91. The van der Waals surface area contributed by atoms with Crippen molar-refractivity contribution < 1.29 is 4.79 Å². The van der Waals surface area contributed by atoms with Gasteiger partial charge in [0, 0.05) is 25.8 Å². The molecule has 2 rings (SSSR count). The molecule has 5 nitrogen and oxygen atoms in total. The zero-order valence-electron chi connectivity index (χ0n) is 12.7. The summed E-state index contributed by atoms with van der Waals surface area (Å²) in [6.45, 7) is 2.49. The number of aromatic nitrogens is 3. The molecule has 0 aliphatic carbocycles. The number of amides is 1. The maximum absolute atomic E-state index is 12.1. The Morgan fingerprint density at radius 1 is 1.45 bits per heavy atom. The van der Waals surface area contributed by atoms with Crippen LogP contribution >= 0.6 is 24.0 Å². The van der Waals surface area contributed by atoms with Gasteiger partial charge in [0.15, 0.2) is 4.77 Å². The lowest BCUT2D eigenvalue weighted by atomic mass is 10.2. The highest BCUT2D eigenvalue weighted by Crippen LogP contribution is 2.17. The van der Waals surface area contributed by atoms with Crippen LogP contribution in [0, 0.1) is 4.77 Å². The fourth-order valence-electron chi connectivity index (χ4n) is 1.92. The zero-order chi connectivity index (χ0) is 15.9. The number of nitrogens with zero attached hydrogens (tertiary/aromatic N) is 2. The van der Waals surface area contributed by atoms with Crippen LogP contribution < -0.4 is 5.32 Å². The second-order valence-corrected chi connectivity index (χ2v) is 6.70. The molecule has 0 aliphatic rings. The van der Waals surface area contributed by atoms with E-state index in [2.05, 4.69) is 27.6 Å². The molecule has 0 bridgehead atoms. The van der Waals surface area contributed by atoms with E-state index in [0.717, 1.165) is 11.6 Å². The molecule has 7 heteroatoms. The molecule has 1 aromatic carbocycles. The molecule has 0 saturated heterocycles. The van der Waals surface area contributed by atoms with Gasteiger partial charge in [-0.05, 0) is 24.7 Å². The summed E-state index contributed by atoms with van der Waals surface area (Å²) < 4.78 is 2.41. The van der Waals surface area contributed by atoms with Gasteiger partial charge in [-0.25, -0.2) is 0 Å². The van der Waals surface area contributed by atoms with E-state index in [1.54, 1.807) is 11.8 Å². The normalized spacial score (nSPS) is 12.1. The van der Waals surface area contributed by atoms with E-state index in [-0.39, 0.29) is 11.2 Å². The Morgan fingerprint density at radius 2 is 2.18 bits per heavy atom. The molecule has 0 fully saturated rings. The van der Waals surface area contributed by atoms with E-state index in [4.69, 9.17) is 12.2 Å². The summed E-state index contributed by atoms with van der Waals surface area (Å²) in [7, 11) is 1.86. The first-order chi connectivity index (χ1) is 10.6. The number of hydrogen-bond donors (Lipinski definition) is 2. The van der Waals surface area contributed by atoms with Gasteiger partial charge in [-0.15, -0.1) is 11.8 Å². The van der Waals surface area contributed by atoms with Crippen molar-refractivity contribution in [3.63, 3.8) is 0 Å². The van der Waals surface area contributed by atoms with Crippen LogP contribution in [0.5, 0.6) is 0 Å². The quantitative estimate of drug-likeness (QED) is 0.763. The molecule has 0 unspecified atom stereocenters. The van der Waals surface area contributed by atoms with Gasteiger partial charge in [-0.3, -0.25) is 9.89 Å². The van der Waals surface area contributed by atoms with Gasteiger partial charge in [-0.1, -0.05) is 30.3 Å². The number of hydrogen-bond acceptors (Lipinski definition) is 4. The van der Waals surface area contributed by atoms with Gasteiger partial charge in [0.1, 0.15) is 5.82 Å². The molecule has 1 amide bonds. The van der Waals surface area contributed by atoms with E-state index in [1.807, 2.05) is 36.7 Å². The van der Waals surface area contributed by atoms with E-state index in [0.29, 0.717) is 17.7 Å². The Hall–Kier alpha value is -1.60. The summed E-state index contributed by atoms with van der Waals surface area (Å²) in [6.07, 6.45) is 0.658. The first-order valence-electron chi connectivity index (χ1n) is 7.11. The van der Waals surface area contributed by atoms with Crippen molar-refractivity contribution >= 4 is 29.9 Å². The van der Waals surface area contributed by atoms with Gasteiger partial charge in [-0.2, -0.15) is 5.10 Å². The zero-order valence-corrected chi connectivity index (χ0v) is 14.3. The average Bonchev–Trinajstić information content (AvgIpc) is 2.85. The van der Waals surface area contributed by atoms with E-state index < -0.39 is 0 Å². The number of carbonyl (C=O) groups is 1. The average molecular weight is 336 g/mol. The number of nitrogens with one attached hydrogen (secondary N) is 2. The molecule has 2 aromatic rings. The van der Waals surface area contributed by atoms with Crippen molar-refractivity contribution in [3.05, 3.63) is 46.5 Å². The summed E-state index contributed by atoms with van der Waals surface area (Å²) in [5, 5.41) is 9.72. The van der Waals surface area contributed by atoms with Crippen LogP contribution in [0.2, 0.25) is 0 Å². The van der Waals surface area contributed by atoms with Crippen molar-refractivity contribution in [3.8, 4) is 0 Å². The summed E-state index contributed by atoms with van der Waals surface area (Å²) >= 11 is 6.69. The molecule has 118 valence electrons. The molecule has 2 N–H and O–H groups in total. The Bertz CT molecular complexity index is 666. The molecule has 0 aliphatic heterocycles. The summed E-state index contributed by atoms with van der Waals surface area (Å²) in [5.74, 6) is 1.73. The van der Waals surface area contributed by atoms with Crippen LogP contribution in [0.25, 0.3) is 0 Å². The number of benzene rings is 1. The minimum Gasteiger partial charge on any atom is -0.355 e. The number of carbonyl (C=O) groups excluding carboxylic acids is 1. The second-order valence-electron chi connectivity index (χ2n) is 4.98. The van der Waals surface area contributed by atoms with Gasteiger partial charge in [0.2, 0.25) is 5.91 Å². The minimum absolute atomic E-state index is 0.0534. The molecular formula is C15H20N4OS2.